The van der Waals surface area contributed by atoms with E-state index >= 15 is 0 Å². The number of hydrogen-bond donors (Lipinski definition) is 2. The Morgan fingerprint density at radius 3 is 2.55 bits per heavy atom. The van der Waals surface area contributed by atoms with Gasteiger partial charge in [-0.15, -0.1) is 0 Å². The highest BCUT2D eigenvalue weighted by Crippen LogP contribution is 2.29. The molecule has 1 saturated heterocycles. The first kappa shape index (κ1) is 14.8. The molecule has 1 heterocycles. The van der Waals surface area contributed by atoms with Gasteiger partial charge in [-0.2, -0.15) is 5.26 Å². The van der Waals surface area contributed by atoms with Gasteiger partial charge in [0.15, 0.2) is 0 Å². The third kappa shape index (κ3) is 3.12. The molecule has 4 nitrogen and oxygen atoms in total. The molecule has 1 aliphatic heterocycles. The van der Waals surface area contributed by atoms with Gasteiger partial charge in [0.05, 0.1) is 12.1 Å². The topological polar surface area (TPSA) is 64.9 Å². The highest BCUT2D eigenvalue weighted by molar-refractivity contribution is 6.30. The van der Waals surface area contributed by atoms with Gasteiger partial charge in [0, 0.05) is 5.02 Å². The lowest BCUT2D eigenvalue weighted by atomic mass is 9.79. The predicted molar refractivity (Wildman–Crippen MR) is 78.2 cm³/mol. The lowest BCUT2D eigenvalue weighted by molar-refractivity contribution is -0.130. The molecule has 1 aromatic carbocycles. The van der Waals surface area contributed by atoms with Crippen molar-refractivity contribution < 1.29 is 4.79 Å². The minimum absolute atomic E-state index is 0.139. The fourth-order valence-corrected chi connectivity index (χ4v) is 2.54. The molecular formula is C15H18ClN3O. The van der Waals surface area contributed by atoms with Crippen LogP contribution >= 0.6 is 11.6 Å². The summed E-state index contributed by atoms with van der Waals surface area (Å²) < 4.78 is 0. The lowest BCUT2D eigenvalue weighted by Crippen LogP contribution is -2.47. The standard InChI is InChI=1S/C15H18ClN3O/c1-11(12-2-4-13(16)5-3-12)19-14(20)15(10-17)6-8-18-9-7-15/h2-5,11,18H,6-9H2,1H3,(H,19,20)/t11-/m1/s1. The number of rotatable bonds is 3. The van der Waals surface area contributed by atoms with E-state index in [9.17, 15) is 10.1 Å². The molecule has 1 atom stereocenters. The summed E-state index contributed by atoms with van der Waals surface area (Å²) in [5.41, 5.74) is 0.0798. The zero-order valence-corrected chi connectivity index (χ0v) is 12.2. The van der Waals surface area contributed by atoms with Crippen LogP contribution in [0.2, 0.25) is 5.02 Å². The smallest absolute Gasteiger partial charge is 0.241 e. The summed E-state index contributed by atoms with van der Waals surface area (Å²) in [5, 5.41) is 16.2. The van der Waals surface area contributed by atoms with Crippen molar-refractivity contribution in [3.63, 3.8) is 0 Å². The van der Waals surface area contributed by atoms with Gasteiger partial charge in [-0.05, 0) is 50.6 Å². The van der Waals surface area contributed by atoms with Gasteiger partial charge in [0.25, 0.3) is 0 Å². The van der Waals surface area contributed by atoms with Crippen molar-refractivity contribution in [3.05, 3.63) is 34.9 Å². The van der Waals surface area contributed by atoms with Crippen LogP contribution in [-0.4, -0.2) is 19.0 Å². The van der Waals surface area contributed by atoms with E-state index in [1.807, 2.05) is 19.1 Å². The molecule has 0 radical (unpaired) electrons. The molecule has 20 heavy (non-hydrogen) atoms. The number of nitrogens with zero attached hydrogens (tertiary/aromatic N) is 1. The zero-order chi connectivity index (χ0) is 14.6. The molecular weight excluding hydrogens is 274 g/mol. The Morgan fingerprint density at radius 2 is 2.00 bits per heavy atom. The summed E-state index contributed by atoms with van der Waals surface area (Å²) in [6.07, 6.45) is 1.12. The molecule has 1 fully saturated rings. The van der Waals surface area contributed by atoms with Crippen LogP contribution in [0.3, 0.4) is 0 Å². The van der Waals surface area contributed by atoms with Gasteiger partial charge in [-0.3, -0.25) is 4.79 Å². The number of halogens is 1. The molecule has 2 N–H and O–H groups in total. The van der Waals surface area contributed by atoms with Gasteiger partial charge >= 0.3 is 0 Å². The quantitative estimate of drug-likeness (QED) is 0.899. The summed E-state index contributed by atoms with van der Waals surface area (Å²) in [6, 6.07) is 9.43. The number of carbonyl (C=O) groups excluding carboxylic acids is 1. The number of nitriles is 1. The number of hydrogen-bond acceptors (Lipinski definition) is 3. The molecule has 5 heteroatoms. The van der Waals surface area contributed by atoms with Crippen LogP contribution in [0.5, 0.6) is 0 Å². The van der Waals surface area contributed by atoms with E-state index in [4.69, 9.17) is 11.6 Å². The zero-order valence-electron chi connectivity index (χ0n) is 11.4. The van der Waals surface area contributed by atoms with Crippen molar-refractivity contribution in [2.75, 3.05) is 13.1 Å². The van der Waals surface area contributed by atoms with Gasteiger partial charge in [-0.1, -0.05) is 23.7 Å². The summed E-state index contributed by atoms with van der Waals surface area (Å²) in [5.74, 6) is -0.177. The van der Waals surface area contributed by atoms with Crippen LogP contribution in [0.25, 0.3) is 0 Å². The lowest BCUT2D eigenvalue weighted by Gasteiger charge is -2.31. The molecule has 0 aliphatic carbocycles. The van der Waals surface area contributed by atoms with Crippen LogP contribution in [0.1, 0.15) is 31.4 Å². The second kappa shape index (κ2) is 6.25. The predicted octanol–water partition coefficient (Wildman–Crippen LogP) is 2.41. The van der Waals surface area contributed by atoms with Crippen molar-refractivity contribution in [1.82, 2.24) is 10.6 Å². The third-order valence-corrected chi connectivity index (χ3v) is 4.08. The SMILES string of the molecule is C[C@@H](NC(=O)C1(C#N)CCNCC1)c1ccc(Cl)cc1. The fraction of sp³-hybridized carbons (Fsp3) is 0.467. The fourth-order valence-electron chi connectivity index (χ4n) is 2.41. The first-order chi connectivity index (χ1) is 9.57. The van der Waals surface area contributed by atoms with Crippen molar-refractivity contribution in [1.29, 1.82) is 5.26 Å². The molecule has 1 aromatic rings. The molecule has 0 saturated carbocycles. The van der Waals surface area contributed by atoms with E-state index in [1.54, 1.807) is 12.1 Å². The van der Waals surface area contributed by atoms with E-state index in [2.05, 4.69) is 16.7 Å². The van der Waals surface area contributed by atoms with Gasteiger partial charge in [0.1, 0.15) is 5.41 Å². The highest BCUT2D eigenvalue weighted by Gasteiger charge is 2.40. The first-order valence-electron chi connectivity index (χ1n) is 6.76. The first-order valence-corrected chi connectivity index (χ1v) is 7.13. The molecule has 0 bridgehead atoms. The second-order valence-electron chi connectivity index (χ2n) is 5.19. The normalized spacial score (nSPS) is 18.9. The van der Waals surface area contributed by atoms with Crippen LogP contribution < -0.4 is 10.6 Å². The molecule has 2 rings (SSSR count). The van der Waals surface area contributed by atoms with E-state index in [0.29, 0.717) is 31.0 Å². The minimum atomic E-state index is -0.897. The van der Waals surface area contributed by atoms with Crippen LogP contribution in [-0.2, 0) is 4.79 Å². The average Bonchev–Trinajstić information content (AvgIpc) is 2.48. The van der Waals surface area contributed by atoms with Gasteiger partial charge in [-0.25, -0.2) is 0 Å². The van der Waals surface area contributed by atoms with Crippen LogP contribution in [0.15, 0.2) is 24.3 Å². The number of amides is 1. The number of carbonyl (C=O) groups is 1. The van der Waals surface area contributed by atoms with E-state index in [0.717, 1.165) is 5.56 Å². The molecule has 1 aliphatic rings. The maximum absolute atomic E-state index is 12.4. The summed E-state index contributed by atoms with van der Waals surface area (Å²) >= 11 is 5.85. The maximum Gasteiger partial charge on any atom is 0.241 e. The number of nitrogens with one attached hydrogen (secondary N) is 2. The van der Waals surface area contributed by atoms with Crippen molar-refractivity contribution in [3.8, 4) is 6.07 Å². The Labute approximate surface area is 124 Å². The maximum atomic E-state index is 12.4. The van der Waals surface area contributed by atoms with Crippen molar-refractivity contribution in [2.45, 2.75) is 25.8 Å². The Balaban J connectivity index is 2.06. The third-order valence-electron chi connectivity index (χ3n) is 3.82. The number of piperidine rings is 1. The number of benzene rings is 1. The largest absolute Gasteiger partial charge is 0.348 e. The van der Waals surface area contributed by atoms with Gasteiger partial charge in [0.2, 0.25) is 5.91 Å². The summed E-state index contributed by atoms with van der Waals surface area (Å²) in [7, 11) is 0. The average molecular weight is 292 g/mol. The molecule has 0 unspecified atom stereocenters. The molecule has 0 spiro atoms. The molecule has 1 amide bonds. The Morgan fingerprint density at radius 1 is 1.40 bits per heavy atom. The van der Waals surface area contributed by atoms with Crippen molar-refractivity contribution in [2.24, 2.45) is 5.41 Å². The van der Waals surface area contributed by atoms with E-state index in [1.165, 1.54) is 0 Å². The van der Waals surface area contributed by atoms with E-state index < -0.39 is 5.41 Å². The second-order valence-corrected chi connectivity index (χ2v) is 5.63. The Bertz CT molecular complexity index is 515. The van der Waals surface area contributed by atoms with Crippen molar-refractivity contribution >= 4 is 17.5 Å². The Kier molecular flexibility index (Phi) is 4.64. The van der Waals surface area contributed by atoms with Crippen LogP contribution in [0, 0.1) is 16.7 Å². The van der Waals surface area contributed by atoms with Gasteiger partial charge < -0.3 is 10.6 Å². The van der Waals surface area contributed by atoms with E-state index in [-0.39, 0.29) is 11.9 Å². The molecule has 106 valence electrons. The molecule has 0 aromatic heterocycles. The highest BCUT2D eigenvalue weighted by atomic mass is 35.5. The minimum Gasteiger partial charge on any atom is -0.348 e. The summed E-state index contributed by atoms with van der Waals surface area (Å²) in [4.78, 5) is 12.4. The van der Waals surface area contributed by atoms with Crippen LogP contribution in [0.4, 0.5) is 0 Å². The monoisotopic (exact) mass is 291 g/mol. The summed E-state index contributed by atoms with van der Waals surface area (Å²) in [6.45, 7) is 3.32. The Hall–Kier alpha value is -1.57.